The fourth-order valence-corrected chi connectivity index (χ4v) is 2.98. The van der Waals surface area contributed by atoms with Gasteiger partial charge in [0, 0.05) is 0 Å². The molecule has 0 unspecified atom stereocenters. The molecule has 10 heteroatoms. The number of rotatable bonds is 3. The van der Waals surface area contributed by atoms with Crippen molar-refractivity contribution in [3.63, 3.8) is 0 Å². The Labute approximate surface area is 116 Å². The lowest BCUT2D eigenvalue weighted by Crippen LogP contribution is -2.44. The van der Waals surface area contributed by atoms with Crippen molar-refractivity contribution in [2.75, 3.05) is 0 Å². The third-order valence-electron chi connectivity index (χ3n) is 1.66. The minimum atomic E-state index is -5.17. The highest BCUT2D eigenvalue weighted by molar-refractivity contribution is 6.79. The van der Waals surface area contributed by atoms with Crippen LogP contribution in [0.2, 0.25) is 39.3 Å². The molecule has 0 heterocycles. The van der Waals surface area contributed by atoms with Gasteiger partial charge in [-0.1, -0.05) is 0 Å². The van der Waals surface area contributed by atoms with E-state index in [1.54, 1.807) is 0 Å². The van der Waals surface area contributed by atoms with Crippen molar-refractivity contribution >= 4 is 27.9 Å². The summed E-state index contributed by atoms with van der Waals surface area (Å²) in [6.07, 6.45) is -10.3. The van der Waals surface area contributed by atoms with E-state index < -0.39 is 40.2 Å². The van der Waals surface area contributed by atoms with Crippen LogP contribution in [0, 0.1) is 0 Å². The Bertz CT molecular complexity index is 369. The van der Waals surface area contributed by atoms with E-state index >= 15 is 0 Å². The Hall–Kier alpha value is -0.646. The fraction of sp³-hybridized carbons (Fsp3) is 0.800. The van der Waals surface area contributed by atoms with E-state index in [-0.39, 0.29) is 0 Å². The van der Waals surface area contributed by atoms with Gasteiger partial charge < -0.3 is 9.32 Å². The minimum absolute atomic E-state index is 1.43. The maximum atomic E-state index is 12.9. The lowest BCUT2D eigenvalue weighted by molar-refractivity contribution is -0.0707. The summed E-state index contributed by atoms with van der Waals surface area (Å²) in [6.45, 7) is 8.59. The monoisotopic (exact) mass is 336 g/mol. The Kier molecular flexibility index (Phi) is 5.44. The zero-order valence-corrected chi connectivity index (χ0v) is 14.2. The molecule has 0 aliphatic heterocycles. The first kappa shape index (κ1) is 19.4. The summed E-state index contributed by atoms with van der Waals surface area (Å²) in [5.41, 5.74) is -3.79. The van der Waals surface area contributed by atoms with Gasteiger partial charge in [-0.05, 0) is 39.3 Å². The first-order chi connectivity index (χ1) is 8.43. The molecule has 0 aromatic heterocycles. The second-order valence-corrected chi connectivity index (χ2v) is 15.4. The molecule has 20 heavy (non-hydrogen) atoms. The zero-order chi connectivity index (χ0) is 16.6. The average molecular weight is 336 g/mol. The fourth-order valence-electron chi connectivity index (χ4n) is 1.17. The molecule has 2 nitrogen and oxygen atoms in total. The van der Waals surface area contributed by atoms with Crippen molar-refractivity contribution in [3.8, 4) is 0 Å². The molecule has 0 rings (SSSR count). The van der Waals surface area contributed by atoms with Crippen molar-refractivity contribution in [3.05, 3.63) is 0 Å². The molecule has 0 radical (unpaired) electrons. The van der Waals surface area contributed by atoms with Gasteiger partial charge in [0.25, 0.3) is 0 Å². The third-order valence-corrected chi connectivity index (χ3v) is 3.44. The maximum Gasteiger partial charge on any atom is 0.434 e. The first-order valence-electron chi connectivity index (χ1n) is 5.78. The molecular formula is C10H18F6N2Si2. The summed E-state index contributed by atoms with van der Waals surface area (Å²) in [7, 11) is -5.49. The van der Waals surface area contributed by atoms with Gasteiger partial charge in [-0.3, -0.25) is 0 Å². The van der Waals surface area contributed by atoms with Crippen molar-refractivity contribution in [1.82, 2.24) is 0 Å². The summed E-state index contributed by atoms with van der Waals surface area (Å²) in [4.78, 5) is 0. The van der Waals surface area contributed by atoms with Crippen LogP contribution in [0.5, 0.6) is 0 Å². The Balaban J connectivity index is 6.23. The molecule has 0 amide bonds. The summed E-state index contributed by atoms with van der Waals surface area (Å²) in [6, 6.07) is 0. The number of hydrogen-bond acceptors (Lipinski definition) is 2. The Morgan fingerprint density at radius 1 is 0.600 bits per heavy atom. The molecule has 118 valence electrons. The second-order valence-electron chi connectivity index (χ2n) is 6.26. The van der Waals surface area contributed by atoms with E-state index in [0.29, 0.717) is 0 Å². The van der Waals surface area contributed by atoms with Gasteiger partial charge in [-0.2, -0.15) is 26.3 Å². The predicted octanol–water partition coefficient (Wildman–Crippen LogP) is 4.66. The van der Waals surface area contributed by atoms with Gasteiger partial charge in [0.2, 0.25) is 0 Å². The molecule has 0 bridgehead atoms. The van der Waals surface area contributed by atoms with Crippen LogP contribution < -0.4 is 0 Å². The quantitative estimate of drug-likeness (QED) is 0.407. The number of halogens is 6. The molecule has 0 atom stereocenters. The van der Waals surface area contributed by atoms with Crippen molar-refractivity contribution in [2.45, 2.75) is 51.6 Å². The lowest BCUT2D eigenvalue weighted by atomic mass is 10.2. The van der Waals surface area contributed by atoms with E-state index in [2.05, 4.69) is 9.32 Å². The first-order valence-corrected chi connectivity index (χ1v) is 12.7. The summed E-state index contributed by atoms with van der Waals surface area (Å²) >= 11 is 0. The van der Waals surface area contributed by atoms with Gasteiger partial charge in [-0.15, -0.1) is 0 Å². The van der Waals surface area contributed by atoms with Crippen LogP contribution in [0.3, 0.4) is 0 Å². The molecule has 0 aromatic carbocycles. The molecule has 0 fully saturated rings. The Morgan fingerprint density at radius 2 is 0.800 bits per heavy atom. The molecule has 0 N–H and O–H groups in total. The van der Waals surface area contributed by atoms with Crippen LogP contribution in [0.1, 0.15) is 0 Å². The number of alkyl halides is 6. The molecule has 0 spiro atoms. The van der Waals surface area contributed by atoms with E-state index in [9.17, 15) is 26.3 Å². The number of nitrogens with zero attached hydrogens (tertiary/aromatic N) is 2. The average Bonchev–Trinajstić information content (AvgIpc) is 2.04. The zero-order valence-electron chi connectivity index (χ0n) is 12.2. The highest BCUT2D eigenvalue weighted by Crippen LogP contribution is 2.29. The van der Waals surface area contributed by atoms with Crippen LogP contribution >= 0.6 is 0 Å². The standard InChI is InChI=1S/C10H18F6N2Si2/c1-19(2,3)17-7(9(11,12)13)8(10(14,15)16)18-20(4,5)6/h1-6H3/b17-7-,18-8-. The Morgan fingerprint density at radius 3 is 0.900 bits per heavy atom. The maximum absolute atomic E-state index is 12.9. The van der Waals surface area contributed by atoms with Crippen LogP contribution in [0.15, 0.2) is 9.32 Å². The van der Waals surface area contributed by atoms with Crippen molar-refractivity contribution in [2.24, 2.45) is 9.32 Å². The lowest BCUT2D eigenvalue weighted by Gasteiger charge is -2.22. The van der Waals surface area contributed by atoms with Crippen LogP contribution in [0.25, 0.3) is 0 Å². The third kappa shape index (κ3) is 7.22. The summed E-state index contributed by atoms with van der Waals surface area (Å²) in [5.74, 6) is 0. The van der Waals surface area contributed by atoms with Crippen LogP contribution in [-0.4, -0.2) is 40.2 Å². The van der Waals surface area contributed by atoms with Crippen molar-refractivity contribution < 1.29 is 26.3 Å². The highest BCUT2D eigenvalue weighted by atomic mass is 28.3. The number of hydrogen-bond donors (Lipinski definition) is 0. The highest BCUT2D eigenvalue weighted by Gasteiger charge is 2.50. The smallest absolute Gasteiger partial charge is 0.316 e. The molecule has 0 aliphatic rings. The molecule has 0 aromatic rings. The van der Waals surface area contributed by atoms with E-state index in [1.807, 2.05) is 0 Å². The predicted molar refractivity (Wildman–Crippen MR) is 73.7 cm³/mol. The molecule has 0 saturated carbocycles. The largest absolute Gasteiger partial charge is 0.434 e. The van der Waals surface area contributed by atoms with Gasteiger partial charge >= 0.3 is 12.4 Å². The topological polar surface area (TPSA) is 24.7 Å². The molecular weight excluding hydrogens is 318 g/mol. The van der Waals surface area contributed by atoms with Crippen molar-refractivity contribution in [1.29, 1.82) is 0 Å². The summed E-state index contributed by atoms with van der Waals surface area (Å²) < 4.78 is 84.3. The van der Waals surface area contributed by atoms with E-state index in [4.69, 9.17) is 0 Å². The molecule has 0 aliphatic carbocycles. The SMILES string of the molecule is C[Si](C)(C)/N=C(/C(=N/[Si](C)(C)C)C(F)(F)F)C(F)(F)F. The van der Waals surface area contributed by atoms with Crippen LogP contribution in [-0.2, 0) is 0 Å². The van der Waals surface area contributed by atoms with E-state index in [0.717, 1.165) is 0 Å². The molecule has 0 saturated heterocycles. The van der Waals surface area contributed by atoms with Crippen LogP contribution in [0.4, 0.5) is 26.3 Å². The van der Waals surface area contributed by atoms with Gasteiger partial charge in [0.1, 0.15) is 0 Å². The summed E-state index contributed by atoms with van der Waals surface area (Å²) in [5, 5.41) is 0. The normalized spacial score (nSPS) is 16.6. The van der Waals surface area contributed by atoms with Gasteiger partial charge in [-0.25, -0.2) is 0 Å². The second kappa shape index (κ2) is 5.62. The van der Waals surface area contributed by atoms with Gasteiger partial charge in [0.15, 0.2) is 27.9 Å². The minimum Gasteiger partial charge on any atom is -0.316 e. The van der Waals surface area contributed by atoms with E-state index in [1.165, 1.54) is 39.3 Å². The van der Waals surface area contributed by atoms with Gasteiger partial charge in [0.05, 0.1) is 0 Å².